The average molecular weight is 484 g/mol. The van der Waals surface area contributed by atoms with Crippen molar-refractivity contribution >= 4 is 27.2 Å². The van der Waals surface area contributed by atoms with Gasteiger partial charge in [-0.3, -0.25) is 0 Å². The molecule has 0 aromatic heterocycles. The van der Waals surface area contributed by atoms with Crippen LogP contribution in [-0.2, 0) is 0 Å². The maximum Gasteiger partial charge on any atom is 0.256 e. The van der Waals surface area contributed by atoms with Gasteiger partial charge in [-0.2, -0.15) is 0 Å². The Bertz CT molecular complexity index is 947. The van der Waals surface area contributed by atoms with E-state index in [0.29, 0.717) is 15.6 Å². The summed E-state index contributed by atoms with van der Waals surface area (Å²) < 4.78 is 61.7. The molecule has 2 nitrogen and oxygen atoms in total. The number of halogens is 5. The van der Waals surface area contributed by atoms with Crippen LogP contribution in [0, 0.1) is 11.6 Å². The summed E-state index contributed by atoms with van der Waals surface area (Å²) in [7, 11) is 1.29. The molecule has 7 heteroatoms. The minimum absolute atomic E-state index is 0.00706. The van der Waals surface area contributed by atoms with Crippen molar-refractivity contribution in [3.05, 3.63) is 88.1 Å². The lowest BCUT2D eigenvalue weighted by atomic mass is 9.94. The van der Waals surface area contributed by atoms with Crippen LogP contribution in [0.5, 0.6) is 5.75 Å². The summed E-state index contributed by atoms with van der Waals surface area (Å²) in [6.07, 6.45) is -1.12. The fourth-order valence-electron chi connectivity index (χ4n) is 3.03. The first-order chi connectivity index (χ1) is 14.3. The van der Waals surface area contributed by atoms with E-state index in [0.717, 1.165) is 17.0 Å². The van der Waals surface area contributed by atoms with Crippen LogP contribution >= 0.6 is 15.9 Å². The average Bonchev–Trinajstić information content (AvgIpc) is 2.73. The third-order valence-corrected chi connectivity index (χ3v) is 4.98. The van der Waals surface area contributed by atoms with Crippen molar-refractivity contribution in [1.29, 1.82) is 0 Å². The number of nitrogens with zero attached hydrogens (tertiary/aromatic N) is 1. The Kier molecular flexibility index (Phi) is 8.29. The van der Waals surface area contributed by atoms with E-state index in [2.05, 4.69) is 22.5 Å². The SMILES string of the molecule is C=C1C(Br)=CC(c2ccccc2)=C(c2c(F)cc(OC)cc2F)N1CC(F)F.CC. The molecule has 2 aromatic carbocycles. The van der Waals surface area contributed by atoms with Crippen molar-refractivity contribution in [1.82, 2.24) is 4.90 Å². The normalized spacial score (nSPS) is 13.8. The highest BCUT2D eigenvalue weighted by Crippen LogP contribution is 2.43. The maximum absolute atomic E-state index is 14.9. The van der Waals surface area contributed by atoms with Crippen molar-refractivity contribution in [3.63, 3.8) is 0 Å². The number of hydrogen-bond donors (Lipinski definition) is 0. The summed E-state index contributed by atoms with van der Waals surface area (Å²) in [5.41, 5.74) is 0.763. The summed E-state index contributed by atoms with van der Waals surface area (Å²) in [6, 6.07) is 10.8. The monoisotopic (exact) mass is 483 g/mol. The van der Waals surface area contributed by atoms with E-state index in [-0.39, 0.29) is 17.1 Å². The van der Waals surface area contributed by atoms with Gasteiger partial charge in [-0.25, -0.2) is 17.6 Å². The zero-order valence-electron chi connectivity index (χ0n) is 16.9. The molecule has 0 fully saturated rings. The molecule has 30 heavy (non-hydrogen) atoms. The molecule has 1 aliphatic heterocycles. The molecule has 160 valence electrons. The highest BCUT2D eigenvalue weighted by atomic mass is 79.9. The van der Waals surface area contributed by atoms with Crippen molar-refractivity contribution in [2.75, 3.05) is 13.7 Å². The van der Waals surface area contributed by atoms with Gasteiger partial charge in [-0.1, -0.05) is 50.8 Å². The quantitative estimate of drug-likeness (QED) is 0.415. The Hall–Kier alpha value is -2.54. The minimum atomic E-state index is -2.74. The first-order valence-electron chi connectivity index (χ1n) is 9.28. The summed E-state index contributed by atoms with van der Waals surface area (Å²) in [5, 5.41) is 0. The molecular weight excluding hydrogens is 462 g/mol. The fourth-order valence-corrected chi connectivity index (χ4v) is 3.47. The van der Waals surface area contributed by atoms with E-state index in [9.17, 15) is 17.6 Å². The largest absolute Gasteiger partial charge is 0.497 e. The predicted octanol–water partition coefficient (Wildman–Crippen LogP) is 7.24. The van der Waals surface area contributed by atoms with Gasteiger partial charge in [0, 0.05) is 27.9 Å². The fraction of sp³-hybridized carbons (Fsp3) is 0.217. The molecule has 0 N–H and O–H groups in total. The Morgan fingerprint density at radius 2 is 1.63 bits per heavy atom. The van der Waals surface area contributed by atoms with Crippen LogP contribution in [0.15, 0.2) is 65.3 Å². The molecule has 0 spiro atoms. The zero-order chi connectivity index (χ0) is 22.4. The first-order valence-corrected chi connectivity index (χ1v) is 10.1. The van der Waals surface area contributed by atoms with Crippen LogP contribution in [0.2, 0.25) is 0 Å². The van der Waals surface area contributed by atoms with E-state index in [1.807, 2.05) is 13.8 Å². The van der Waals surface area contributed by atoms with Crippen LogP contribution in [0.4, 0.5) is 17.6 Å². The molecule has 0 radical (unpaired) electrons. The van der Waals surface area contributed by atoms with Gasteiger partial charge in [0.2, 0.25) is 0 Å². The zero-order valence-corrected chi connectivity index (χ0v) is 18.4. The molecule has 0 bridgehead atoms. The topological polar surface area (TPSA) is 12.5 Å². The number of rotatable bonds is 5. The van der Waals surface area contributed by atoms with E-state index >= 15 is 0 Å². The van der Waals surface area contributed by atoms with Crippen LogP contribution in [-0.4, -0.2) is 25.0 Å². The van der Waals surface area contributed by atoms with Crippen molar-refractivity contribution in [3.8, 4) is 5.75 Å². The molecule has 0 saturated heterocycles. The molecule has 2 aromatic rings. The second-order valence-corrected chi connectivity index (χ2v) is 6.89. The lowest BCUT2D eigenvalue weighted by molar-refractivity contribution is 0.123. The number of alkyl halides is 2. The number of hydrogen-bond acceptors (Lipinski definition) is 2. The molecule has 0 aliphatic carbocycles. The number of allylic oxidation sites excluding steroid dienone is 3. The molecule has 0 saturated carbocycles. The first kappa shape index (κ1) is 23.7. The van der Waals surface area contributed by atoms with Crippen LogP contribution < -0.4 is 4.74 Å². The van der Waals surface area contributed by atoms with E-state index < -0.39 is 30.2 Å². The lowest BCUT2D eigenvalue weighted by Crippen LogP contribution is -2.30. The standard InChI is InChI=1S/C21H16BrF4NO.C2H6/c1-12-16(22)10-15(13-6-4-3-5-7-13)21(27(12)11-19(25)26)20-17(23)8-14(28-2)9-18(20)24;1-2/h3-10,19H,1,11H2,2H3;1-2H3. The summed E-state index contributed by atoms with van der Waals surface area (Å²) >= 11 is 3.31. The Morgan fingerprint density at radius 3 is 2.13 bits per heavy atom. The summed E-state index contributed by atoms with van der Waals surface area (Å²) in [4.78, 5) is 1.13. The predicted molar refractivity (Wildman–Crippen MR) is 116 cm³/mol. The van der Waals surface area contributed by atoms with Gasteiger partial charge in [0.1, 0.15) is 17.4 Å². The highest BCUT2D eigenvalue weighted by molar-refractivity contribution is 9.12. The molecule has 0 atom stereocenters. The molecule has 1 heterocycles. The van der Waals surface area contributed by atoms with E-state index in [4.69, 9.17) is 4.74 Å². The Morgan fingerprint density at radius 1 is 1.07 bits per heavy atom. The van der Waals surface area contributed by atoms with Crippen molar-refractivity contribution < 1.29 is 22.3 Å². The van der Waals surface area contributed by atoms with Gasteiger partial charge in [0.05, 0.1) is 24.9 Å². The lowest BCUT2D eigenvalue weighted by Gasteiger charge is -2.34. The van der Waals surface area contributed by atoms with Crippen LogP contribution in [0.25, 0.3) is 11.3 Å². The van der Waals surface area contributed by atoms with Gasteiger partial charge in [-0.05, 0) is 27.6 Å². The van der Waals surface area contributed by atoms with Crippen molar-refractivity contribution in [2.45, 2.75) is 20.3 Å². The van der Waals surface area contributed by atoms with Gasteiger partial charge < -0.3 is 9.64 Å². The molecule has 0 amide bonds. The summed E-state index contributed by atoms with van der Waals surface area (Å²) in [5.74, 6) is -1.84. The van der Waals surface area contributed by atoms with Gasteiger partial charge in [0.25, 0.3) is 6.43 Å². The van der Waals surface area contributed by atoms with E-state index in [1.165, 1.54) is 7.11 Å². The molecular formula is C23H22BrF4NO. The summed E-state index contributed by atoms with van der Waals surface area (Å²) in [6.45, 7) is 7.03. The van der Waals surface area contributed by atoms with Crippen LogP contribution in [0.3, 0.4) is 0 Å². The van der Waals surface area contributed by atoms with Crippen LogP contribution in [0.1, 0.15) is 25.0 Å². The van der Waals surface area contributed by atoms with Crippen molar-refractivity contribution in [2.24, 2.45) is 0 Å². The molecule has 3 rings (SSSR count). The third-order valence-electron chi connectivity index (χ3n) is 4.29. The second kappa shape index (κ2) is 10.5. The Labute approximate surface area is 182 Å². The van der Waals surface area contributed by atoms with E-state index in [1.54, 1.807) is 36.4 Å². The minimum Gasteiger partial charge on any atom is -0.497 e. The third kappa shape index (κ3) is 4.95. The van der Waals surface area contributed by atoms with Gasteiger partial charge in [-0.15, -0.1) is 0 Å². The number of ether oxygens (including phenoxy) is 1. The van der Waals surface area contributed by atoms with Gasteiger partial charge in [0.15, 0.2) is 0 Å². The maximum atomic E-state index is 14.9. The molecule has 0 unspecified atom stereocenters. The molecule has 1 aliphatic rings. The number of benzene rings is 2. The second-order valence-electron chi connectivity index (χ2n) is 6.04. The smallest absolute Gasteiger partial charge is 0.256 e. The number of methoxy groups -OCH3 is 1. The Balaban J connectivity index is 0.00000155. The van der Waals surface area contributed by atoms with Gasteiger partial charge >= 0.3 is 0 Å². The highest BCUT2D eigenvalue weighted by Gasteiger charge is 2.31.